The second-order valence-corrected chi connectivity index (χ2v) is 7.22. The number of carbonyl (C=O) groups excluding carboxylic acids is 2. The van der Waals surface area contributed by atoms with E-state index in [9.17, 15) is 9.59 Å². The number of hydrogen-bond acceptors (Lipinski definition) is 5. The topological polar surface area (TPSA) is 74.8 Å². The Kier molecular flexibility index (Phi) is 7.19. The number of ether oxygens (including phenoxy) is 1. The number of benzene rings is 1. The van der Waals surface area contributed by atoms with Gasteiger partial charge in [-0.3, -0.25) is 14.5 Å². The molecular formula is C22H28N4O3. The number of rotatable bonds is 7. The minimum atomic E-state index is -0.104. The van der Waals surface area contributed by atoms with E-state index in [1.54, 1.807) is 23.2 Å². The fraction of sp³-hybridized carbons (Fsp3) is 0.409. The van der Waals surface area contributed by atoms with Gasteiger partial charge in [0.05, 0.1) is 6.54 Å². The summed E-state index contributed by atoms with van der Waals surface area (Å²) in [6.07, 6.45) is 2.52. The van der Waals surface area contributed by atoms with Crippen molar-refractivity contribution in [1.29, 1.82) is 0 Å². The van der Waals surface area contributed by atoms with Gasteiger partial charge in [0.2, 0.25) is 11.8 Å². The SMILES string of the molecule is CCC(C)NC(=O)CN1CCN(C(=O)c2cccnc2Oc2ccccc2)CC1. The van der Waals surface area contributed by atoms with Gasteiger partial charge in [-0.25, -0.2) is 4.98 Å². The number of nitrogens with zero attached hydrogens (tertiary/aromatic N) is 3. The lowest BCUT2D eigenvalue weighted by atomic mass is 10.2. The van der Waals surface area contributed by atoms with Crippen LogP contribution >= 0.6 is 0 Å². The molecule has 3 rings (SSSR count). The number of carbonyl (C=O) groups is 2. The van der Waals surface area contributed by atoms with Crippen molar-refractivity contribution in [3.05, 3.63) is 54.2 Å². The zero-order valence-corrected chi connectivity index (χ0v) is 17.0. The summed E-state index contributed by atoms with van der Waals surface area (Å²) in [5.74, 6) is 0.870. The molecule has 1 aliphatic heterocycles. The maximum absolute atomic E-state index is 13.0. The van der Waals surface area contributed by atoms with Crippen LogP contribution in [0.15, 0.2) is 48.7 Å². The van der Waals surface area contributed by atoms with Gasteiger partial charge in [0, 0.05) is 38.4 Å². The van der Waals surface area contributed by atoms with Crippen molar-refractivity contribution in [2.75, 3.05) is 32.7 Å². The normalized spacial score (nSPS) is 15.6. The predicted octanol–water partition coefficient (Wildman–Crippen LogP) is 2.55. The van der Waals surface area contributed by atoms with E-state index in [1.807, 2.05) is 44.2 Å². The summed E-state index contributed by atoms with van der Waals surface area (Å²) in [6.45, 7) is 6.86. The molecule has 1 aromatic heterocycles. The van der Waals surface area contributed by atoms with E-state index >= 15 is 0 Å². The molecule has 29 heavy (non-hydrogen) atoms. The Hall–Kier alpha value is -2.93. The molecule has 1 fully saturated rings. The van der Waals surface area contributed by atoms with Crippen LogP contribution in [0.1, 0.15) is 30.6 Å². The second kappa shape index (κ2) is 10.0. The lowest BCUT2D eigenvalue weighted by molar-refractivity contribution is -0.123. The van der Waals surface area contributed by atoms with Crippen molar-refractivity contribution in [1.82, 2.24) is 20.1 Å². The number of hydrogen-bond donors (Lipinski definition) is 1. The van der Waals surface area contributed by atoms with Gasteiger partial charge in [0.25, 0.3) is 5.91 Å². The van der Waals surface area contributed by atoms with Gasteiger partial charge >= 0.3 is 0 Å². The molecule has 0 spiro atoms. The minimum Gasteiger partial charge on any atom is -0.438 e. The summed E-state index contributed by atoms with van der Waals surface area (Å²) in [4.78, 5) is 33.2. The molecule has 0 radical (unpaired) electrons. The van der Waals surface area contributed by atoms with Crippen molar-refractivity contribution in [2.24, 2.45) is 0 Å². The van der Waals surface area contributed by atoms with Gasteiger partial charge in [-0.05, 0) is 37.6 Å². The minimum absolute atomic E-state index is 0.0323. The van der Waals surface area contributed by atoms with Gasteiger partial charge in [0.15, 0.2) is 0 Å². The molecule has 1 aliphatic rings. The predicted molar refractivity (Wildman–Crippen MR) is 111 cm³/mol. The molecule has 2 aromatic rings. The van der Waals surface area contributed by atoms with Crippen LogP contribution in [-0.4, -0.2) is 65.4 Å². The maximum Gasteiger partial charge on any atom is 0.259 e. The number of amides is 2. The van der Waals surface area contributed by atoms with Gasteiger partial charge in [-0.2, -0.15) is 0 Å². The van der Waals surface area contributed by atoms with Crippen molar-refractivity contribution >= 4 is 11.8 Å². The average molecular weight is 396 g/mol. The zero-order valence-electron chi connectivity index (χ0n) is 17.0. The van der Waals surface area contributed by atoms with Crippen molar-refractivity contribution in [3.63, 3.8) is 0 Å². The Bertz CT molecular complexity index is 820. The van der Waals surface area contributed by atoms with Gasteiger partial charge in [0.1, 0.15) is 11.3 Å². The van der Waals surface area contributed by atoms with Crippen LogP contribution in [0.2, 0.25) is 0 Å². The Morgan fingerprint density at radius 2 is 1.83 bits per heavy atom. The summed E-state index contributed by atoms with van der Waals surface area (Å²) in [6, 6.07) is 12.9. The quantitative estimate of drug-likeness (QED) is 0.779. The molecule has 2 heterocycles. The van der Waals surface area contributed by atoms with E-state index < -0.39 is 0 Å². The van der Waals surface area contributed by atoms with E-state index in [0.717, 1.165) is 6.42 Å². The summed E-state index contributed by atoms with van der Waals surface area (Å²) in [5.41, 5.74) is 0.444. The molecule has 2 amide bonds. The van der Waals surface area contributed by atoms with Crippen LogP contribution in [0, 0.1) is 0 Å². The van der Waals surface area contributed by atoms with Crippen LogP contribution in [-0.2, 0) is 4.79 Å². The third-order valence-electron chi connectivity index (χ3n) is 5.01. The first-order valence-corrected chi connectivity index (χ1v) is 10.1. The van der Waals surface area contributed by atoms with Gasteiger partial charge in [-0.15, -0.1) is 0 Å². The lowest BCUT2D eigenvalue weighted by Crippen LogP contribution is -2.51. The Balaban J connectivity index is 1.58. The van der Waals surface area contributed by atoms with Crippen LogP contribution in [0.4, 0.5) is 0 Å². The fourth-order valence-corrected chi connectivity index (χ4v) is 3.14. The van der Waals surface area contributed by atoms with E-state index in [1.165, 1.54) is 0 Å². The zero-order chi connectivity index (χ0) is 20.6. The molecule has 7 heteroatoms. The number of para-hydroxylation sites is 1. The Morgan fingerprint density at radius 3 is 2.52 bits per heavy atom. The monoisotopic (exact) mass is 396 g/mol. The van der Waals surface area contributed by atoms with E-state index in [4.69, 9.17) is 4.74 Å². The fourth-order valence-electron chi connectivity index (χ4n) is 3.14. The van der Waals surface area contributed by atoms with E-state index in [2.05, 4.69) is 15.2 Å². The first kappa shape index (κ1) is 20.8. The molecule has 0 saturated carbocycles. The number of aromatic nitrogens is 1. The summed E-state index contributed by atoms with van der Waals surface area (Å²) >= 11 is 0. The molecule has 154 valence electrons. The largest absolute Gasteiger partial charge is 0.438 e. The van der Waals surface area contributed by atoms with Crippen molar-refractivity contribution < 1.29 is 14.3 Å². The van der Waals surface area contributed by atoms with Crippen molar-refractivity contribution in [3.8, 4) is 11.6 Å². The third kappa shape index (κ3) is 5.77. The highest BCUT2D eigenvalue weighted by Crippen LogP contribution is 2.24. The van der Waals surface area contributed by atoms with Crippen LogP contribution in [0.3, 0.4) is 0 Å². The van der Waals surface area contributed by atoms with Crippen molar-refractivity contribution in [2.45, 2.75) is 26.3 Å². The first-order chi connectivity index (χ1) is 14.1. The molecule has 1 atom stereocenters. The van der Waals surface area contributed by atoms with Crippen LogP contribution < -0.4 is 10.1 Å². The maximum atomic E-state index is 13.0. The summed E-state index contributed by atoms with van der Waals surface area (Å²) in [5, 5.41) is 2.98. The Morgan fingerprint density at radius 1 is 1.10 bits per heavy atom. The number of pyridine rings is 1. The molecule has 0 bridgehead atoms. The number of piperazine rings is 1. The smallest absolute Gasteiger partial charge is 0.259 e. The average Bonchev–Trinajstić information content (AvgIpc) is 2.75. The van der Waals surface area contributed by atoms with Crippen LogP contribution in [0.5, 0.6) is 11.6 Å². The second-order valence-electron chi connectivity index (χ2n) is 7.22. The summed E-state index contributed by atoms with van der Waals surface area (Å²) < 4.78 is 5.82. The molecule has 1 N–H and O–H groups in total. The van der Waals surface area contributed by atoms with Crippen LogP contribution in [0.25, 0.3) is 0 Å². The highest BCUT2D eigenvalue weighted by atomic mass is 16.5. The highest BCUT2D eigenvalue weighted by molar-refractivity contribution is 5.96. The molecule has 7 nitrogen and oxygen atoms in total. The molecule has 1 aromatic carbocycles. The first-order valence-electron chi connectivity index (χ1n) is 10.1. The molecule has 1 saturated heterocycles. The van der Waals surface area contributed by atoms with E-state index in [-0.39, 0.29) is 17.9 Å². The van der Waals surface area contributed by atoms with E-state index in [0.29, 0.717) is 49.9 Å². The number of nitrogens with one attached hydrogen (secondary N) is 1. The third-order valence-corrected chi connectivity index (χ3v) is 5.01. The standard InChI is InChI=1S/C22H28N4O3/c1-3-17(2)24-20(27)16-25-12-14-26(15-13-25)22(28)19-10-7-11-23-21(19)29-18-8-5-4-6-9-18/h4-11,17H,3,12-16H2,1-2H3,(H,24,27). The van der Waals surface area contributed by atoms with Gasteiger partial charge in [-0.1, -0.05) is 25.1 Å². The molecule has 0 aliphatic carbocycles. The molecular weight excluding hydrogens is 368 g/mol. The Labute approximate surface area is 171 Å². The highest BCUT2D eigenvalue weighted by Gasteiger charge is 2.26. The molecule has 1 unspecified atom stereocenters. The lowest BCUT2D eigenvalue weighted by Gasteiger charge is -2.34. The van der Waals surface area contributed by atoms with Gasteiger partial charge < -0.3 is 15.0 Å². The summed E-state index contributed by atoms with van der Waals surface area (Å²) in [7, 11) is 0.